The van der Waals surface area contributed by atoms with E-state index < -0.39 is 0 Å². The van der Waals surface area contributed by atoms with Crippen molar-refractivity contribution in [3.05, 3.63) is 69.8 Å². The summed E-state index contributed by atoms with van der Waals surface area (Å²) in [6.45, 7) is 17.3. The van der Waals surface area contributed by atoms with E-state index in [0.29, 0.717) is 11.0 Å². The number of carbonyl (C=O) groups is 2. The first-order valence-corrected chi connectivity index (χ1v) is 12.8. The van der Waals surface area contributed by atoms with E-state index in [1.54, 1.807) is 7.05 Å². The molecule has 0 fully saturated rings. The quantitative estimate of drug-likeness (QED) is 0.367. The van der Waals surface area contributed by atoms with Crippen LogP contribution in [-0.2, 0) is 16.6 Å². The SMILES string of the molecule is CCC(CC)(c1ccc(CCCC(C)(C)C)c(C)c1)c1ccc(C(=O)N(C)CC(C)=O)c(C)c1. The van der Waals surface area contributed by atoms with E-state index in [0.717, 1.165) is 24.8 Å². The van der Waals surface area contributed by atoms with Gasteiger partial charge in [0, 0.05) is 18.0 Å². The molecule has 0 saturated carbocycles. The molecule has 34 heavy (non-hydrogen) atoms. The fourth-order valence-corrected chi connectivity index (χ4v) is 5.13. The van der Waals surface area contributed by atoms with Crippen molar-refractivity contribution in [3.63, 3.8) is 0 Å². The van der Waals surface area contributed by atoms with Crippen LogP contribution in [0.2, 0.25) is 0 Å². The van der Waals surface area contributed by atoms with E-state index >= 15 is 0 Å². The van der Waals surface area contributed by atoms with Gasteiger partial charge in [-0.05, 0) is 92.2 Å². The molecule has 0 aliphatic heterocycles. The van der Waals surface area contributed by atoms with Crippen LogP contribution < -0.4 is 0 Å². The van der Waals surface area contributed by atoms with Crippen molar-refractivity contribution in [3.8, 4) is 0 Å². The summed E-state index contributed by atoms with van der Waals surface area (Å²) in [5.74, 6) is -0.119. The highest BCUT2D eigenvalue weighted by Crippen LogP contribution is 2.40. The number of nitrogens with zero attached hydrogens (tertiary/aromatic N) is 1. The Balaban J connectivity index is 2.37. The van der Waals surface area contributed by atoms with E-state index in [2.05, 4.69) is 71.9 Å². The molecular weight excluding hydrogens is 418 g/mol. The third kappa shape index (κ3) is 6.58. The van der Waals surface area contributed by atoms with Gasteiger partial charge in [-0.15, -0.1) is 0 Å². The van der Waals surface area contributed by atoms with Crippen LogP contribution in [0.3, 0.4) is 0 Å². The lowest BCUT2D eigenvalue weighted by Gasteiger charge is -2.34. The number of benzene rings is 2. The number of rotatable bonds is 10. The van der Waals surface area contributed by atoms with Gasteiger partial charge in [-0.2, -0.15) is 0 Å². The van der Waals surface area contributed by atoms with Crippen LogP contribution in [0.4, 0.5) is 0 Å². The molecule has 0 bridgehead atoms. The summed E-state index contributed by atoms with van der Waals surface area (Å²) in [4.78, 5) is 25.8. The van der Waals surface area contributed by atoms with Crippen molar-refractivity contribution >= 4 is 11.7 Å². The molecule has 0 radical (unpaired) electrons. The number of likely N-dealkylation sites (N-methyl/N-ethyl adjacent to an activating group) is 1. The smallest absolute Gasteiger partial charge is 0.254 e. The Morgan fingerprint density at radius 3 is 1.91 bits per heavy atom. The minimum Gasteiger partial charge on any atom is -0.334 e. The van der Waals surface area contributed by atoms with Crippen molar-refractivity contribution in [1.29, 1.82) is 0 Å². The number of carbonyl (C=O) groups excluding carboxylic acids is 2. The van der Waals surface area contributed by atoms with Gasteiger partial charge in [0.15, 0.2) is 0 Å². The van der Waals surface area contributed by atoms with Gasteiger partial charge in [-0.25, -0.2) is 0 Å². The monoisotopic (exact) mass is 463 g/mol. The Bertz CT molecular complexity index is 1010. The molecule has 0 saturated heterocycles. The Morgan fingerprint density at radius 1 is 0.882 bits per heavy atom. The third-order valence-electron chi connectivity index (χ3n) is 7.29. The van der Waals surface area contributed by atoms with Crippen molar-refractivity contribution in [2.24, 2.45) is 5.41 Å². The Labute approximate surface area is 208 Å². The van der Waals surface area contributed by atoms with Gasteiger partial charge in [0.2, 0.25) is 0 Å². The van der Waals surface area contributed by atoms with Gasteiger partial charge in [0.05, 0.1) is 6.54 Å². The first-order valence-electron chi connectivity index (χ1n) is 12.8. The number of ketones is 1. The Morgan fingerprint density at radius 2 is 1.44 bits per heavy atom. The molecule has 0 spiro atoms. The van der Waals surface area contributed by atoms with Crippen LogP contribution in [0.15, 0.2) is 36.4 Å². The molecule has 2 aromatic rings. The second kappa shape index (κ2) is 11.3. The van der Waals surface area contributed by atoms with E-state index in [1.165, 1.54) is 46.9 Å². The van der Waals surface area contributed by atoms with Crippen LogP contribution in [0.5, 0.6) is 0 Å². The van der Waals surface area contributed by atoms with Crippen molar-refractivity contribution in [2.45, 2.75) is 92.9 Å². The van der Waals surface area contributed by atoms with Crippen LogP contribution >= 0.6 is 0 Å². The molecule has 0 atom stereocenters. The topological polar surface area (TPSA) is 37.4 Å². The predicted octanol–water partition coefficient (Wildman–Crippen LogP) is 7.44. The first kappa shape index (κ1) is 27.8. The molecule has 186 valence electrons. The highest BCUT2D eigenvalue weighted by molar-refractivity contribution is 5.97. The average molecular weight is 464 g/mol. The lowest BCUT2D eigenvalue weighted by atomic mass is 9.69. The molecule has 0 heterocycles. The zero-order valence-electron chi connectivity index (χ0n) is 23.0. The molecule has 3 nitrogen and oxygen atoms in total. The summed E-state index contributed by atoms with van der Waals surface area (Å²) in [5.41, 5.74) is 7.32. The Hall–Kier alpha value is -2.42. The second-order valence-electron chi connectivity index (χ2n) is 11.2. The van der Waals surface area contributed by atoms with Crippen molar-refractivity contribution < 1.29 is 9.59 Å². The van der Waals surface area contributed by atoms with Gasteiger partial charge in [-0.3, -0.25) is 9.59 Å². The molecular formula is C31H45NO2. The van der Waals surface area contributed by atoms with Gasteiger partial charge in [-0.1, -0.05) is 65.0 Å². The lowest BCUT2D eigenvalue weighted by Crippen LogP contribution is -2.32. The summed E-state index contributed by atoms with van der Waals surface area (Å²) in [6, 6.07) is 13.3. The molecule has 0 N–H and O–H groups in total. The fraction of sp³-hybridized carbons (Fsp3) is 0.548. The van der Waals surface area contributed by atoms with Crippen molar-refractivity contribution in [1.82, 2.24) is 4.90 Å². The molecule has 0 aliphatic carbocycles. The van der Waals surface area contributed by atoms with Crippen LogP contribution in [0.25, 0.3) is 0 Å². The molecule has 3 heteroatoms. The third-order valence-corrected chi connectivity index (χ3v) is 7.29. The minimum atomic E-state index is -0.103. The first-order chi connectivity index (χ1) is 15.8. The molecule has 1 amide bonds. The zero-order valence-corrected chi connectivity index (χ0v) is 23.0. The lowest BCUT2D eigenvalue weighted by molar-refractivity contribution is -0.117. The highest BCUT2D eigenvalue weighted by atomic mass is 16.2. The maximum absolute atomic E-state index is 12.9. The van der Waals surface area contributed by atoms with E-state index in [9.17, 15) is 9.59 Å². The highest BCUT2D eigenvalue weighted by Gasteiger charge is 2.32. The number of hydrogen-bond donors (Lipinski definition) is 0. The minimum absolute atomic E-state index is 0.0154. The predicted molar refractivity (Wildman–Crippen MR) is 144 cm³/mol. The van der Waals surface area contributed by atoms with E-state index in [-0.39, 0.29) is 23.7 Å². The average Bonchev–Trinajstić information content (AvgIpc) is 2.75. The van der Waals surface area contributed by atoms with Gasteiger partial charge < -0.3 is 4.90 Å². The summed E-state index contributed by atoms with van der Waals surface area (Å²) >= 11 is 0. The maximum Gasteiger partial charge on any atom is 0.254 e. The van der Waals surface area contributed by atoms with Crippen LogP contribution in [0, 0.1) is 19.3 Å². The standard InChI is InChI=1S/C31H45NO2/c1-10-31(11-2,26-15-14-25(22(3)19-26)13-12-18-30(6,7)8)27-16-17-28(23(4)20-27)29(34)32(9)21-24(5)33/h14-17,19-20H,10-13,18,21H2,1-9H3. The van der Waals surface area contributed by atoms with Crippen molar-refractivity contribution in [2.75, 3.05) is 13.6 Å². The zero-order chi connectivity index (χ0) is 25.7. The normalized spacial score (nSPS) is 12.0. The number of Topliss-reactive ketones (excluding diaryl/α,β-unsaturated/α-hetero) is 1. The van der Waals surface area contributed by atoms with Crippen LogP contribution in [0.1, 0.15) is 105 Å². The maximum atomic E-state index is 12.9. The van der Waals surface area contributed by atoms with Gasteiger partial charge in [0.1, 0.15) is 5.78 Å². The summed E-state index contributed by atoms with van der Waals surface area (Å²) < 4.78 is 0. The summed E-state index contributed by atoms with van der Waals surface area (Å²) in [7, 11) is 1.69. The molecule has 0 aliphatic rings. The number of aryl methyl sites for hydroxylation is 3. The molecule has 2 aromatic carbocycles. The summed E-state index contributed by atoms with van der Waals surface area (Å²) in [6.07, 6.45) is 5.54. The summed E-state index contributed by atoms with van der Waals surface area (Å²) in [5, 5.41) is 0. The molecule has 0 aromatic heterocycles. The van der Waals surface area contributed by atoms with E-state index in [4.69, 9.17) is 0 Å². The molecule has 0 unspecified atom stereocenters. The fourth-order valence-electron chi connectivity index (χ4n) is 5.13. The van der Waals surface area contributed by atoms with E-state index in [1.807, 2.05) is 13.0 Å². The Kier molecular flexibility index (Phi) is 9.28. The number of amides is 1. The largest absolute Gasteiger partial charge is 0.334 e. The van der Waals surface area contributed by atoms with Gasteiger partial charge >= 0.3 is 0 Å². The van der Waals surface area contributed by atoms with Gasteiger partial charge in [0.25, 0.3) is 5.91 Å². The van der Waals surface area contributed by atoms with Crippen LogP contribution in [-0.4, -0.2) is 30.2 Å². The number of hydrogen-bond acceptors (Lipinski definition) is 2. The second-order valence-corrected chi connectivity index (χ2v) is 11.2. The molecule has 2 rings (SSSR count).